The van der Waals surface area contributed by atoms with Crippen molar-refractivity contribution in [3.63, 3.8) is 0 Å². The van der Waals surface area contributed by atoms with Crippen LogP contribution in [0.5, 0.6) is 5.75 Å². The van der Waals surface area contributed by atoms with Gasteiger partial charge in [0.15, 0.2) is 0 Å². The van der Waals surface area contributed by atoms with Crippen LogP contribution in [0.2, 0.25) is 0 Å². The van der Waals surface area contributed by atoms with Gasteiger partial charge in [0.05, 0.1) is 17.7 Å². The molecule has 0 radical (unpaired) electrons. The van der Waals surface area contributed by atoms with Crippen molar-refractivity contribution in [1.82, 2.24) is 5.32 Å². The van der Waals surface area contributed by atoms with Gasteiger partial charge in [-0.25, -0.2) is 0 Å². The molecule has 2 unspecified atom stereocenters. The van der Waals surface area contributed by atoms with Crippen molar-refractivity contribution in [2.75, 3.05) is 13.7 Å². The summed E-state index contributed by atoms with van der Waals surface area (Å²) in [6.45, 7) is 3.95. The van der Waals surface area contributed by atoms with Gasteiger partial charge in [-0.05, 0) is 53.4 Å². The standard InChI is InChI=1S/C14H20BrNO2/c1-10(13-4-3-7-18-13)16-9-11-5-6-14(17-2)12(15)8-11/h5-6,8,10,13,16H,3-4,7,9H2,1-2H3. The van der Waals surface area contributed by atoms with Crippen molar-refractivity contribution >= 4 is 15.9 Å². The van der Waals surface area contributed by atoms with Crippen LogP contribution < -0.4 is 10.1 Å². The SMILES string of the molecule is COc1ccc(CNC(C)C2CCCO2)cc1Br. The second-order valence-corrected chi connectivity index (χ2v) is 5.54. The minimum atomic E-state index is 0.367. The summed E-state index contributed by atoms with van der Waals surface area (Å²) in [6, 6.07) is 6.55. The van der Waals surface area contributed by atoms with E-state index in [9.17, 15) is 0 Å². The Bertz CT molecular complexity index is 391. The van der Waals surface area contributed by atoms with Crippen LogP contribution in [0.25, 0.3) is 0 Å². The molecule has 1 N–H and O–H groups in total. The number of rotatable bonds is 5. The van der Waals surface area contributed by atoms with Gasteiger partial charge in [-0.3, -0.25) is 0 Å². The number of ether oxygens (including phenoxy) is 2. The second kappa shape index (κ2) is 6.55. The first-order valence-corrected chi connectivity index (χ1v) is 7.17. The summed E-state index contributed by atoms with van der Waals surface area (Å²) in [5, 5.41) is 3.52. The van der Waals surface area contributed by atoms with Crippen molar-refractivity contribution in [2.24, 2.45) is 0 Å². The maximum absolute atomic E-state index is 5.67. The average molecular weight is 314 g/mol. The molecule has 2 rings (SSSR count). The second-order valence-electron chi connectivity index (χ2n) is 4.69. The molecular weight excluding hydrogens is 294 g/mol. The third-order valence-electron chi connectivity index (χ3n) is 3.37. The third-order valence-corrected chi connectivity index (χ3v) is 3.99. The van der Waals surface area contributed by atoms with Crippen LogP contribution >= 0.6 is 15.9 Å². The van der Waals surface area contributed by atoms with E-state index in [0.29, 0.717) is 12.1 Å². The predicted octanol–water partition coefficient (Wildman–Crippen LogP) is 3.11. The molecule has 100 valence electrons. The quantitative estimate of drug-likeness (QED) is 0.906. The fraction of sp³-hybridized carbons (Fsp3) is 0.571. The summed E-state index contributed by atoms with van der Waals surface area (Å²) in [6.07, 6.45) is 2.72. The van der Waals surface area contributed by atoms with E-state index in [1.54, 1.807) is 7.11 Å². The van der Waals surface area contributed by atoms with Gasteiger partial charge in [0.1, 0.15) is 5.75 Å². The van der Waals surface area contributed by atoms with E-state index in [1.165, 1.54) is 18.4 Å². The van der Waals surface area contributed by atoms with E-state index < -0.39 is 0 Å². The molecule has 1 heterocycles. The largest absolute Gasteiger partial charge is 0.496 e. The van der Waals surface area contributed by atoms with Crippen LogP contribution in [-0.4, -0.2) is 25.9 Å². The van der Waals surface area contributed by atoms with Crippen LogP contribution in [0.1, 0.15) is 25.3 Å². The molecule has 1 fully saturated rings. The van der Waals surface area contributed by atoms with Crippen molar-refractivity contribution in [2.45, 2.75) is 38.5 Å². The van der Waals surface area contributed by atoms with E-state index in [1.807, 2.05) is 6.07 Å². The lowest BCUT2D eigenvalue weighted by Crippen LogP contribution is -2.36. The van der Waals surface area contributed by atoms with E-state index >= 15 is 0 Å². The van der Waals surface area contributed by atoms with E-state index in [0.717, 1.165) is 23.4 Å². The number of halogens is 1. The molecule has 18 heavy (non-hydrogen) atoms. The summed E-state index contributed by atoms with van der Waals surface area (Å²) >= 11 is 3.50. The number of hydrogen-bond acceptors (Lipinski definition) is 3. The zero-order valence-corrected chi connectivity index (χ0v) is 12.5. The molecule has 1 aromatic rings. The number of nitrogens with one attached hydrogen (secondary N) is 1. The van der Waals surface area contributed by atoms with Gasteiger partial charge in [0.2, 0.25) is 0 Å². The van der Waals surface area contributed by atoms with Gasteiger partial charge < -0.3 is 14.8 Å². The highest BCUT2D eigenvalue weighted by atomic mass is 79.9. The van der Waals surface area contributed by atoms with Crippen molar-refractivity contribution in [3.05, 3.63) is 28.2 Å². The maximum Gasteiger partial charge on any atom is 0.133 e. The monoisotopic (exact) mass is 313 g/mol. The Kier molecular flexibility index (Phi) is 5.03. The highest BCUT2D eigenvalue weighted by Crippen LogP contribution is 2.25. The van der Waals surface area contributed by atoms with Crippen LogP contribution in [0.3, 0.4) is 0 Å². The summed E-state index contributed by atoms with van der Waals surface area (Å²) in [4.78, 5) is 0. The molecule has 1 aliphatic rings. The van der Waals surface area contributed by atoms with Gasteiger partial charge in [0.25, 0.3) is 0 Å². The predicted molar refractivity (Wildman–Crippen MR) is 76.0 cm³/mol. The van der Waals surface area contributed by atoms with Crippen LogP contribution in [0, 0.1) is 0 Å². The first-order valence-electron chi connectivity index (χ1n) is 6.38. The lowest BCUT2D eigenvalue weighted by Gasteiger charge is -2.20. The fourth-order valence-electron chi connectivity index (χ4n) is 2.23. The molecule has 0 aliphatic carbocycles. The molecule has 0 bridgehead atoms. The minimum absolute atomic E-state index is 0.367. The van der Waals surface area contributed by atoms with Gasteiger partial charge >= 0.3 is 0 Å². The summed E-state index contributed by atoms with van der Waals surface area (Å²) in [5.41, 5.74) is 1.24. The summed E-state index contributed by atoms with van der Waals surface area (Å²) in [5.74, 6) is 0.867. The minimum Gasteiger partial charge on any atom is -0.496 e. The Morgan fingerprint density at radius 1 is 1.56 bits per heavy atom. The molecule has 3 nitrogen and oxygen atoms in total. The van der Waals surface area contributed by atoms with Crippen molar-refractivity contribution in [3.8, 4) is 5.75 Å². The fourth-order valence-corrected chi connectivity index (χ4v) is 2.82. The number of methoxy groups -OCH3 is 1. The Morgan fingerprint density at radius 2 is 2.39 bits per heavy atom. The smallest absolute Gasteiger partial charge is 0.133 e. The molecule has 1 aromatic carbocycles. The van der Waals surface area contributed by atoms with Crippen LogP contribution in [0.4, 0.5) is 0 Å². The Hall–Kier alpha value is -0.580. The Morgan fingerprint density at radius 3 is 3.00 bits per heavy atom. The lowest BCUT2D eigenvalue weighted by atomic mass is 10.1. The molecule has 0 amide bonds. The van der Waals surface area contributed by atoms with Gasteiger partial charge in [-0.1, -0.05) is 6.07 Å². The lowest BCUT2D eigenvalue weighted by molar-refractivity contribution is 0.0832. The maximum atomic E-state index is 5.67. The van der Waals surface area contributed by atoms with E-state index in [4.69, 9.17) is 9.47 Å². The van der Waals surface area contributed by atoms with Crippen molar-refractivity contribution in [1.29, 1.82) is 0 Å². The zero-order chi connectivity index (χ0) is 13.0. The topological polar surface area (TPSA) is 30.5 Å². The summed E-state index contributed by atoms with van der Waals surface area (Å²) < 4.78 is 11.9. The third kappa shape index (κ3) is 3.46. The molecule has 1 saturated heterocycles. The normalized spacial score (nSPS) is 20.9. The van der Waals surface area contributed by atoms with Gasteiger partial charge in [-0.2, -0.15) is 0 Å². The van der Waals surface area contributed by atoms with Crippen LogP contribution in [0.15, 0.2) is 22.7 Å². The molecular formula is C14H20BrNO2. The highest BCUT2D eigenvalue weighted by Gasteiger charge is 2.21. The summed E-state index contributed by atoms with van der Waals surface area (Å²) in [7, 11) is 1.68. The zero-order valence-electron chi connectivity index (χ0n) is 10.9. The first-order chi connectivity index (χ1) is 8.70. The van der Waals surface area contributed by atoms with Gasteiger partial charge in [0, 0.05) is 19.2 Å². The van der Waals surface area contributed by atoms with Crippen molar-refractivity contribution < 1.29 is 9.47 Å². The molecule has 4 heteroatoms. The molecule has 0 saturated carbocycles. The van der Waals surface area contributed by atoms with E-state index in [2.05, 4.69) is 40.3 Å². The Balaban J connectivity index is 1.87. The number of hydrogen-bond donors (Lipinski definition) is 1. The highest BCUT2D eigenvalue weighted by molar-refractivity contribution is 9.10. The van der Waals surface area contributed by atoms with Crippen LogP contribution in [-0.2, 0) is 11.3 Å². The Labute approximate surface area is 117 Å². The molecule has 1 aliphatic heterocycles. The molecule has 0 spiro atoms. The first kappa shape index (κ1) is 13.8. The van der Waals surface area contributed by atoms with E-state index in [-0.39, 0.29) is 0 Å². The average Bonchev–Trinajstić information content (AvgIpc) is 2.90. The molecule has 0 aromatic heterocycles. The number of benzene rings is 1. The molecule has 2 atom stereocenters. The van der Waals surface area contributed by atoms with Gasteiger partial charge in [-0.15, -0.1) is 0 Å².